The van der Waals surface area contributed by atoms with E-state index in [4.69, 9.17) is 29.1 Å². The lowest BCUT2D eigenvalue weighted by Crippen LogP contribution is -2.61. The number of hydrogen-bond donors (Lipinski definition) is 0. The fourth-order valence-electron chi connectivity index (χ4n) is 5.40. The van der Waals surface area contributed by atoms with Gasteiger partial charge in [0.25, 0.3) is 0 Å². The molecule has 0 N–H and O–H groups in total. The molecule has 0 spiro atoms. The first kappa shape index (κ1) is 39.5. The van der Waals surface area contributed by atoms with Gasteiger partial charge < -0.3 is 29.1 Å². The molecule has 0 radical (unpaired) electrons. The molecule has 0 saturated carbocycles. The smallest absolute Gasteiger partial charge is 0.393 e. The Morgan fingerprint density at radius 1 is 0.564 bits per heavy atom. The summed E-state index contributed by atoms with van der Waals surface area (Å²) in [6.45, 7) is 39.2. The van der Waals surface area contributed by atoms with Crippen LogP contribution in [-0.4, -0.2) is 65.7 Å². The summed E-state index contributed by atoms with van der Waals surface area (Å²) >= 11 is 0. The molecule has 8 nitrogen and oxygen atoms in total. The van der Waals surface area contributed by atoms with Crippen molar-refractivity contribution in [2.45, 2.75) is 125 Å². The predicted molar refractivity (Wildman–Crippen MR) is 179 cm³/mol. The van der Waals surface area contributed by atoms with Gasteiger partial charge in [-0.3, -0.25) is 0 Å². The molecule has 0 amide bonds. The zero-order valence-electron chi connectivity index (χ0n) is 28.1. The molecule has 0 aromatic heterocycles. The second-order valence-corrected chi connectivity index (χ2v) is 40.4. The van der Waals surface area contributed by atoms with Crippen molar-refractivity contribution in [1.82, 2.24) is 0 Å². The molecule has 39 heavy (non-hydrogen) atoms. The Labute approximate surface area is 248 Å². The minimum absolute atomic E-state index is 0.309. The third-order valence-electron chi connectivity index (χ3n) is 4.84. The summed E-state index contributed by atoms with van der Waals surface area (Å²) in [6, 6.07) is 1.40. The maximum Gasteiger partial charge on any atom is 0.393 e. The summed E-state index contributed by atoms with van der Waals surface area (Å²) in [4.78, 5) is 12.4. The number of rotatable bonds is 18. The Kier molecular flexibility index (Phi) is 14.5. The largest absolute Gasteiger partial charge is 0.492 e. The van der Waals surface area contributed by atoms with E-state index in [1.54, 1.807) is 0 Å². The van der Waals surface area contributed by atoms with Gasteiger partial charge in [0.15, 0.2) is 8.32 Å². The van der Waals surface area contributed by atoms with E-state index in [0.717, 1.165) is 0 Å². The maximum absolute atomic E-state index is 12.4. The van der Waals surface area contributed by atoms with Gasteiger partial charge in [-0.1, -0.05) is 34.3 Å². The van der Waals surface area contributed by atoms with Crippen LogP contribution in [0.1, 0.15) is 27.7 Å². The minimum Gasteiger partial charge on any atom is -0.492 e. The molecule has 0 fully saturated rings. The van der Waals surface area contributed by atoms with Crippen molar-refractivity contribution < 1.29 is 33.9 Å². The molecule has 0 rings (SSSR count). The van der Waals surface area contributed by atoms with Crippen LogP contribution in [0.25, 0.3) is 0 Å². The number of hydrogen-bond acceptors (Lipinski definition) is 8. The highest BCUT2D eigenvalue weighted by Gasteiger charge is 2.51. The van der Waals surface area contributed by atoms with Gasteiger partial charge in [0.1, 0.15) is 0 Å². The van der Waals surface area contributed by atoms with Crippen LogP contribution in [0.5, 0.6) is 0 Å². The summed E-state index contributed by atoms with van der Waals surface area (Å²) < 4.78 is 46.0. The van der Waals surface area contributed by atoms with E-state index in [0.29, 0.717) is 23.9 Å². The quantitative estimate of drug-likeness (QED) is 0.107. The lowest BCUT2D eigenvalue weighted by Gasteiger charge is -2.44. The van der Waals surface area contributed by atoms with E-state index in [2.05, 4.69) is 93.2 Å². The van der Waals surface area contributed by atoms with Crippen LogP contribution in [0, 0.1) is 11.8 Å². The highest BCUT2D eigenvalue weighted by molar-refractivity contribution is 6.91. The third kappa shape index (κ3) is 17.9. The molecule has 0 atom stereocenters. The Hall–Kier alpha value is 0.488. The van der Waals surface area contributed by atoms with Crippen LogP contribution in [0.4, 0.5) is 0 Å². The molecular weight excluding hydrogens is 613 g/mol. The van der Waals surface area contributed by atoms with E-state index < -0.39 is 65.7 Å². The van der Waals surface area contributed by atoms with Crippen molar-refractivity contribution in [3.05, 3.63) is 12.7 Å². The Bertz CT molecular complexity index is 799. The van der Waals surface area contributed by atoms with Crippen molar-refractivity contribution in [3.8, 4) is 0 Å². The molecule has 0 bridgehead atoms. The number of carbonyl (C=O) groups is 1. The highest BCUT2D eigenvalue weighted by Crippen LogP contribution is 2.34. The van der Waals surface area contributed by atoms with Crippen molar-refractivity contribution in [1.29, 1.82) is 0 Å². The molecule has 0 unspecified atom stereocenters. The van der Waals surface area contributed by atoms with Gasteiger partial charge in [-0.2, -0.15) is 0 Å². The molecule has 0 aromatic rings. The monoisotopic (exact) mass is 672 g/mol. The summed E-state index contributed by atoms with van der Waals surface area (Å²) in [5, 5.41) is 0. The number of carbonyl (C=O) groups excluding carboxylic acids is 1. The zero-order valence-corrected chi connectivity index (χ0v) is 35.1. The summed E-state index contributed by atoms with van der Waals surface area (Å²) in [5.74, 6) is 0.187. The van der Waals surface area contributed by atoms with E-state index in [1.807, 2.05) is 26.2 Å². The molecule has 15 heteroatoms. The lowest BCUT2D eigenvalue weighted by atomic mass is 10.3. The third-order valence-corrected chi connectivity index (χ3v) is 31.9. The SMILES string of the molecule is C=CC(=O)O[Si](CC(C)C)(CC(C)C)O[Si](C)(C)O[Si](C)(C)O[Si](C)(C)O[Si](C)(C)O[Si](C)(C)O[Si](C)(C)C. The van der Waals surface area contributed by atoms with Gasteiger partial charge >= 0.3 is 57.3 Å². The summed E-state index contributed by atoms with van der Waals surface area (Å²) in [7, 11) is -17.7. The molecule has 0 saturated heterocycles. The van der Waals surface area contributed by atoms with Crippen molar-refractivity contribution in [3.63, 3.8) is 0 Å². The first-order valence-corrected chi connectivity index (χ1v) is 33.8. The highest BCUT2D eigenvalue weighted by atomic mass is 28.5. The van der Waals surface area contributed by atoms with Crippen molar-refractivity contribution in [2.75, 3.05) is 0 Å². The van der Waals surface area contributed by atoms with Gasteiger partial charge in [0.2, 0.25) is 0 Å². The molecule has 0 heterocycles. The van der Waals surface area contributed by atoms with Crippen LogP contribution >= 0.6 is 0 Å². The van der Waals surface area contributed by atoms with Gasteiger partial charge in [0, 0.05) is 18.2 Å². The molecule has 0 aromatic carbocycles. The van der Waals surface area contributed by atoms with E-state index in [9.17, 15) is 4.79 Å². The fourth-order valence-corrected chi connectivity index (χ4v) is 40.6. The lowest BCUT2D eigenvalue weighted by molar-refractivity contribution is -0.130. The molecule has 0 aliphatic rings. The zero-order chi connectivity index (χ0) is 31.3. The molecule has 232 valence electrons. The first-order valence-electron chi connectivity index (χ1n) is 14.1. The topological polar surface area (TPSA) is 81.7 Å². The van der Waals surface area contributed by atoms with Crippen molar-refractivity contribution >= 4 is 65.7 Å². The summed E-state index contributed by atoms with van der Waals surface area (Å²) in [6.07, 6.45) is 1.22. The van der Waals surface area contributed by atoms with Crippen LogP contribution in [0.3, 0.4) is 0 Å². The van der Waals surface area contributed by atoms with E-state index >= 15 is 0 Å². The van der Waals surface area contributed by atoms with Gasteiger partial charge in [-0.25, -0.2) is 4.79 Å². The first-order chi connectivity index (χ1) is 17.0. The maximum atomic E-state index is 12.4. The Morgan fingerprint density at radius 3 is 1.10 bits per heavy atom. The van der Waals surface area contributed by atoms with Gasteiger partial charge in [-0.05, 0) is 96.9 Å². The van der Waals surface area contributed by atoms with Gasteiger partial charge in [-0.15, -0.1) is 0 Å². The Morgan fingerprint density at radius 2 is 0.846 bits per heavy atom. The second kappa shape index (κ2) is 14.3. The van der Waals surface area contributed by atoms with Gasteiger partial charge in [0.05, 0.1) is 0 Å². The molecule has 0 aliphatic heterocycles. The standard InChI is InChI=1S/C24H60O8Si7/c1-19-24(25)26-39(20-22(2)3,21-23(4)5)32-38(17,18)31-37(15,16)30-36(13,14)29-35(11,12)28-34(9,10)27-33(6,7)8/h19,22-23H,1,20-21H2,2-18H3. The average Bonchev–Trinajstić information content (AvgIpc) is 2.51. The Balaban J connectivity index is 5.79. The molecule has 0 aliphatic carbocycles. The second-order valence-electron chi connectivity index (χ2n) is 14.5. The summed E-state index contributed by atoms with van der Waals surface area (Å²) in [5.41, 5.74) is 0. The minimum atomic E-state index is -2.94. The van der Waals surface area contributed by atoms with Crippen LogP contribution in [-0.2, 0) is 33.9 Å². The van der Waals surface area contributed by atoms with Crippen LogP contribution in [0.15, 0.2) is 12.7 Å². The van der Waals surface area contributed by atoms with Crippen LogP contribution < -0.4 is 0 Å². The van der Waals surface area contributed by atoms with E-state index in [1.165, 1.54) is 6.08 Å². The van der Waals surface area contributed by atoms with Crippen LogP contribution in [0.2, 0.25) is 97.2 Å². The fraction of sp³-hybridized carbons (Fsp3) is 0.875. The van der Waals surface area contributed by atoms with Crippen molar-refractivity contribution in [2.24, 2.45) is 11.8 Å². The molecular formula is C24H60O8Si7. The normalized spacial score (nSPS) is 14.7. The van der Waals surface area contributed by atoms with E-state index in [-0.39, 0.29) is 0 Å². The average molecular weight is 673 g/mol. The predicted octanol–water partition coefficient (Wildman–Crippen LogP) is 7.91.